The molecule has 4 rings (SSSR count). The van der Waals surface area contributed by atoms with E-state index in [0.717, 1.165) is 16.9 Å². The van der Waals surface area contributed by atoms with Crippen LogP contribution in [0.3, 0.4) is 0 Å². The van der Waals surface area contributed by atoms with Gasteiger partial charge in [0.25, 0.3) is 5.91 Å². The monoisotopic (exact) mass is 457 g/mol. The Hall–Kier alpha value is -3.26. The van der Waals surface area contributed by atoms with Crippen LogP contribution in [0.4, 0.5) is 17.1 Å². The molecule has 9 heteroatoms. The molecule has 2 saturated heterocycles. The van der Waals surface area contributed by atoms with E-state index >= 15 is 0 Å². The van der Waals surface area contributed by atoms with Gasteiger partial charge in [0, 0.05) is 35.8 Å². The third kappa shape index (κ3) is 3.86. The number of rotatable bonds is 6. The summed E-state index contributed by atoms with van der Waals surface area (Å²) in [6, 6.07) is 7.81. The van der Waals surface area contributed by atoms with Gasteiger partial charge in [-0.1, -0.05) is 11.6 Å². The van der Waals surface area contributed by atoms with Crippen LogP contribution in [0.1, 0.15) is 24.8 Å². The maximum Gasteiger partial charge on any atom is 0.256 e. The summed E-state index contributed by atoms with van der Waals surface area (Å²) in [4.78, 5) is 40.8. The second-order valence-corrected chi connectivity index (χ2v) is 8.18. The highest BCUT2D eigenvalue weighted by Gasteiger charge is 2.41. The van der Waals surface area contributed by atoms with Crippen LogP contribution in [0.25, 0.3) is 0 Å². The van der Waals surface area contributed by atoms with Crippen molar-refractivity contribution in [3.8, 4) is 11.5 Å². The number of hydrogen-bond acceptors (Lipinski definition) is 6. The molecule has 0 aliphatic carbocycles. The average molecular weight is 458 g/mol. The summed E-state index contributed by atoms with van der Waals surface area (Å²) < 4.78 is 10.8. The van der Waals surface area contributed by atoms with Crippen LogP contribution in [0.15, 0.2) is 30.3 Å². The van der Waals surface area contributed by atoms with Gasteiger partial charge in [-0.3, -0.25) is 14.4 Å². The second kappa shape index (κ2) is 8.70. The number of aryl methyl sites for hydroxylation is 1. The van der Waals surface area contributed by atoms with Crippen molar-refractivity contribution >= 4 is 46.4 Å². The van der Waals surface area contributed by atoms with Crippen LogP contribution in [0, 0.1) is 6.92 Å². The van der Waals surface area contributed by atoms with Crippen LogP contribution >= 0.6 is 11.6 Å². The van der Waals surface area contributed by atoms with Crippen molar-refractivity contribution in [2.24, 2.45) is 0 Å². The molecule has 2 aliphatic heterocycles. The van der Waals surface area contributed by atoms with Crippen LogP contribution in [-0.4, -0.2) is 44.5 Å². The molecule has 0 radical (unpaired) electrons. The highest BCUT2D eigenvalue weighted by atomic mass is 35.5. The molecule has 2 fully saturated rings. The Labute approximate surface area is 191 Å². The Balaban J connectivity index is 1.58. The maximum absolute atomic E-state index is 13.1. The predicted octanol–water partition coefficient (Wildman–Crippen LogP) is 3.54. The Morgan fingerprint density at radius 2 is 1.72 bits per heavy atom. The Kier molecular flexibility index (Phi) is 5.97. The van der Waals surface area contributed by atoms with Gasteiger partial charge in [0.15, 0.2) is 0 Å². The summed E-state index contributed by atoms with van der Waals surface area (Å²) in [6.45, 7) is 2.44. The van der Waals surface area contributed by atoms with Crippen molar-refractivity contribution in [2.45, 2.75) is 32.2 Å². The smallest absolute Gasteiger partial charge is 0.256 e. The fraction of sp³-hybridized carbons (Fsp3) is 0.348. The quantitative estimate of drug-likeness (QED) is 0.667. The first-order chi connectivity index (χ1) is 15.3. The second-order valence-electron chi connectivity index (χ2n) is 7.78. The van der Waals surface area contributed by atoms with E-state index in [1.165, 1.54) is 14.2 Å². The molecule has 1 atom stereocenters. The minimum Gasteiger partial charge on any atom is -0.495 e. The van der Waals surface area contributed by atoms with Gasteiger partial charge in [0.1, 0.15) is 17.5 Å². The lowest BCUT2D eigenvalue weighted by Gasteiger charge is -2.21. The summed E-state index contributed by atoms with van der Waals surface area (Å²) >= 11 is 6.16. The largest absolute Gasteiger partial charge is 0.495 e. The summed E-state index contributed by atoms with van der Waals surface area (Å²) in [5, 5.41) is 3.61. The molecule has 168 valence electrons. The normalized spacial score (nSPS) is 18.5. The number of carbonyl (C=O) groups is 3. The van der Waals surface area contributed by atoms with Crippen molar-refractivity contribution in [3.05, 3.63) is 40.9 Å². The van der Waals surface area contributed by atoms with E-state index in [2.05, 4.69) is 5.32 Å². The van der Waals surface area contributed by atoms with Gasteiger partial charge in [0.2, 0.25) is 11.8 Å². The molecule has 3 amide bonds. The number of hydrogen-bond donors (Lipinski definition) is 1. The summed E-state index contributed by atoms with van der Waals surface area (Å²) in [5.74, 6) is 0.216. The maximum atomic E-state index is 13.1. The van der Waals surface area contributed by atoms with Crippen LogP contribution in [0.5, 0.6) is 11.5 Å². The van der Waals surface area contributed by atoms with E-state index in [9.17, 15) is 14.4 Å². The molecule has 2 aliphatic rings. The van der Waals surface area contributed by atoms with Crippen LogP contribution in [0.2, 0.25) is 5.02 Å². The van der Waals surface area contributed by atoms with Gasteiger partial charge in [-0.15, -0.1) is 0 Å². The zero-order valence-electron chi connectivity index (χ0n) is 18.1. The standard InChI is InChI=1S/C23H24ClN3O5/c1-13-9-18(20(32-3)11-15(13)24)27-22(29)12-16(23(27)30)25-14-6-7-17(19(10-14)31-2)26-8-4-5-21(26)28/h6-7,9-11,16,25H,4-5,8,12H2,1-3H3. The van der Waals surface area contributed by atoms with E-state index < -0.39 is 6.04 Å². The first-order valence-electron chi connectivity index (χ1n) is 10.3. The SMILES string of the molecule is COc1cc(NC2CC(=O)N(c3cc(C)c(Cl)cc3OC)C2=O)ccc1N1CCCC1=O. The summed E-state index contributed by atoms with van der Waals surface area (Å²) in [7, 11) is 2.99. The summed E-state index contributed by atoms with van der Waals surface area (Å²) in [5.41, 5.74) is 2.41. The van der Waals surface area contributed by atoms with E-state index in [0.29, 0.717) is 46.5 Å². The van der Waals surface area contributed by atoms with Crippen LogP contribution < -0.4 is 24.6 Å². The number of amides is 3. The van der Waals surface area contributed by atoms with Gasteiger partial charge in [-0.2, -0.15) is 0 Å². The number of methoxy groups -OCH3 is 2. The number of anilines is 3. The third-order valence-electron chi connectivity index (χ3n) is 5.73. The number of nitrogens with zero attached hydrogens (tertiary/aromatic N) is 2. The average Bonchev–Trinajstić information content (AvgIpc) is 3.32. The highest BCUT2D eigenvalue weighted by Crippen LogP contribution is 2.38. The van der Waals surface area contributed by atoms with E-state index in [4.69, 9.17) is 21.1 Å². The van der Waals surface area contributed by atoms with E-state index in [1.807, 2.05) is 0 Å². The summed E-state index contributed by atoms with van der Waals surface area (Å²) in [6.07, 6.45) is 1.33. The fourth-order valence-electron chi connectivity index (χ4n) is 4.08. The molecule has 0 aromatic heterocycles. The lowest BCUT2D eigenvalue weighted by molar-refractivity contribution is -0.121. The molecule has 0 spiro atoms. The number of halogens is 1. The number of carbonyl (C=O) groups excluding carboxylic acids is 3. The molecule has 8 nitrogen and oxygen atoms in total. The van der Waals surface area contributed by atoms with Gasteiger partial charge in [-0.25, -0.2) is 4.90 Å². The molecule has 1 N–H and O–H groups in total. The predicted molar refractivity (Wildman–Crippen MR) is 122 cm³/mol. The van der Waals surface area contributed by atoms with E-state index in [1.54, 1.807) is 42.2 Å². The number of ether oxygens (including phenoxy) is 2. The minimum atomic E-state index is -0.743. The van der Waals surface area contributed by atoms with Crippen molar-refractivity contribution in [1.82, 2.24) is 0 Å². The zero-order chi connectivity index (χ0) is 23.0. The van der Waals surface area contributed by atoms with Crippen molar-refractivity contribution in [2.75, 3.05) is 35.9 Å². The Bertz CT molecular complexity index is 1100. The van der Waals surface area contributed by atoms with E-state index in [-0.39, 0.29) is 24.1 Å². The zero-order valence-corrected chi connectivity index (χ0v) is 18.9. The Morgan fingerprint density at radius 3 is 2.38 bits per heavy atom. The molecule has 2 heterocycles. The first-order valence-corrected chi connectivity index (χ1v) is 10.7. The fourth-order valence-corrected chi connectivity index (χ4v) is 4.23. The van der Waals surface area contributed by atoms with Gasteiger partial charge in [-0.05, 0) is 37.1 Å². The molecule has 1 unspecified atom stereocenters. The topological polar surface area (TPSA) is 88.2 Å². The number of nitrogens with one attached hydrogen (secondary N) is 1. The van der Waals surface area contributed by atoms with Crippen molar-refractivity contribution < 1.29 is 23.9 Å². The van der Waals surface area contributed by atoms with Crippen LogP contribution in [-0.2, 0) is 14.4 Å². The molecule has 2 aromatic rings. The van der Waals surface area contributed by atoms with Gasteiger partial charge in [0.05, 0.1) is 32.0 Å². The minimum absolute atomic E-state index is 0.00165. The molecule has 0 bridgehead atoms. The number of imide groups is 1. The molecule has 2 aromatic carbocycles. The molecular weight excluding hydrogens is 434 g/mol. The number of benzene rings is 2. The highest BCUT2D eigenvalue weighted by molar-refractivity contribution is 6.32. The molecular formula is C23H24ClN3O5. The van der Waals surface area contributed by atoms with Gasteiger partial charge >= 0.3 is 0 Å². The lowest BCUT2D eigenvalue weighted by Crippen LogP contribution is -2.35. The van der Waals surface area contributed by atoms with Crippen molar-refractivity contribution in [1.29, 1.82) is 0 Å². The van der Waals surface area contributed by atoms with Gasteiger partial charge < -0.3 is 19.7 Å². The molecule has 32 heavy (non-hydrogen) atoms. The third-order valence-corrected chi connectivity index (χ3v) is 6.14. The lowest BCUT2D eigenvalue weighted by atomic mass is 10.2. The first kappa shape index (κ1) is 22.0. The Morgan fingerprint density at radius 1 is 1.00 bits per heavy atom. The molecule has 0 saturated carbocycles. The van der Waals surface area contributed by atoms with Crippen molar-refractivity contribution in [3.63, 3.8) is 0 Å².